The molecule has 0 aliphatic carbocycles. The summed E-state index contributed by atoms with van der Waals surface area (Å²) < 4.78 is 79.3. The summed E-state index contributed by atoms with van der Waals surface area (Å²) >= 11 is 0. The molecular weight excluding hydrogens is 471 g/mol. The minimum atomic E-state index is -4.86. The highest BCUT2D eigenvalue weighted by atomic mass is 35.7. The van der Waals surface area contributed by atoms with Gasteiger partial charge < -0.3 is 9.52 Å². The maximum Gasteiger partial charge on any atom is 0.450 e. The van der Waals surface area contributed by atoms with Gasteiger partial charge in [-0.05, 0) is 30.8 Å². The number of halogens is 4. The third kappa shape index (κ3) is 6.90. The fourth-order valence-electron chi connectivity index (χ4n) is 3.19. The van der Waals surface area contributed by atoms with E-state index in [-0.39, 0.29) is 34.4 Å². The minimum absolute atomic E-state index is 0.00630. The summed E-state index contributed by atoms with van der Waals surface area (Å²) in [6.45, 7) is 5.23. The van der Waals surface area contributed by atoms with Crippen molar-refractivity contribution >= 4 is 11.0 Å². The Kier molecular flexibility index (Phi) is 8.46. The highest BCUT2D eigenvalue weighted by Crippen LogP contribution is 2.39. The van der Waals surface area contributed by atoms with Gasteiger partial charge in [-0.15, -0.1) is 0 Å². The van der Waals surface area contributed by atoms with Crippen LogP contribution in [0.1, 0.15) is 25.2 Å². The van der Waals surface area contributed by atoms with Gasteiger partial charge in [0, 0.05) is 6.54 Å². The van der Waals surface area contributed by atoms with Crippen LogP contribution in [0.15, 0.2) is 51.7 Å². The predicted molar refractivity (Wildman–Crippen MR) is 103 cm³/mol. The molecule has 0 fully saturated rings. The monoisotopic (exact) mass is 491 g/mol. The Morgan fingerprint density at radius 3 is 2.06 bits per heavy atom. The smallest absolute Gasteiger partial charge is 0.450 e. The van der Waals surface area contributed by atoms with Gasteiger partial charge in [-0.3, -0.25) is 9.69 Å². The van der Waals surface area contributed by atoms with E-state index in [0.717, 1.165) is 0 Å². The Morgan fingerprint density at radius 2 is 1.58 bits per heavy atom. The molecule has 1 heterocycles. The molecule has 0 atom stereocenters. The van der Waals surface area contributed by atoms with E-state index >= 15 is 0 Å². The Balaban J connectivity index is 0.000000696. The van der Waals surface area contributed by atoms with Gasteiger partial charge in [0.25, 0.3) is 0 Å². The second-order valence-corrected chi connectivity index (χ2v) is 7.59. The number of rotatable bonds is 5. The van der Waals surface area contributed by atoms with E-state index in [0.29, 0.717) is 13.1 Å². The third-order valence-corrected chi connectivity index (χ3v) is 4.73. The van der Waals surface area contributed by atoms with Crippen molar-refractivity contribution < 1.29 is 51.6 Å². The van der Waals surface area contributed by atoms with Crippen LogP contribution in [0.2, 0.25) is 0 Å². The highest BCUT2D eigenvalue weighted by Gasteiger charge is 2.39. The Bertz CT molecular complexity index is 1140. The van der Waals surface area contributed by atoms with Crippen molar-refractivity contribution in [3.05, 3.63) is 64.0 Å². The van der Waals surface area contributed by atoms with Crippen molar-refractivity contribution in [2.45, 2.75) is 26.6 Å². The zero-order valence-corrected chi connectivity index (χ0v) is 18.3. The molecule has 0 aliphatic heterocycles. The summed E-state index contributed by atoms with van der Waals surface area (Å²) in [5, 5.41) is 10.3. The molecule has 0 saturated carbocycles. The van der Waals surface area contributed by atoms with Gasteiger partial charge in [-0.1, -0.05) is 44.2 Å². The molecule has 3 rings (SSSR count). The minimum Gasteiger partial charge on any atom is -0.507 e. The van der Waals surface area contributed by atoms with Gasteiger partial charge in [0.1, 0.15) is 11.3 Å². The average molecular weight is 492 g/mol. The summed E-state index contributed by atoms with van der Waals surface area (Å²) in [5.74, 6) is -1.56. The second-order valence-electron chi connectivity index (χ2n) is 6.80. The molecule has 2 aromatic carbocycles. The summed E-state index contributed by atoms with van der Waals surface area (Å²) in [6.07, 6.45) is -4.86. The predicted octanol–water partition coefficient (Wildman–Crippen LogP) is 0.902. The molecule has 0 radical (unpaired) electrons. The van der Waals surface area contributed by atoms with E-state index < -0.39 is 33.2 Å². The number of benzene rings is 2. The van der Waals surface area contributed by atoms with Gasteiger partial charge >= 0.3 is 6.18 Å². The maximum absolute atomic E-state index is 13.8. The van der Waals surface area contributed by atoms with Crippen molar-refractivity contribution in [3.63, 3.8) is 0 Å². The molecule has 1 aromatic heterocycles. The first-order chi connectivity index (χ1) is 15.3. The fraction of sp³-hybridized carbons (Fsp3) is 0.286. The van der Waals surface area contributed by atoms with E-state index in [1.165, 1.54) is 24.3 Å². The molecule has 2 N–H and O–H groups in total. The van der Waals surface area contributed by atoms with Crippen molar-refractivity contribution in [1.82, 2.24) is 4.90 Å². The van der Waals surface area contributed by atoms with Crippen LogP contribution >= 0.6 is 0 Å². The van der Waals surface area contributed by atoms with E-state index in [4.69, 9.17) is 23.1 Å². The van der Waals surface area contributed by atoms with Gasteiger partial charge in [0.15, 0.2) is 0 Å². The number of nitrogens with zero attached hydrogens (tertiary/aromatic N) is 1. The fourth-order valence-corrected chi connectivity index (χ4v) is 3.19. The summed E-state index contributed by atoms with van der Waals surface area (Å²) in [4.78, 5) is 14.9. The lowest BCUT2D eigenvalue weighted by atomic mass is 10.00. The molecule has 0 bridgehead atoms. The van der Waals surface area contributed by atoms with Crippen LogP contribution < -0.4 is 19.4 Å². The summed E-state index contributed by atoms with van der Waals surface area (Å²) in [6, 6.07) is 10.3. The van der Waals surface area contributed by atoms with Crippen molar-refractivity contribution in [3.8, 4) is 16.9 Å². The number of phenols is 1. The molecular formula is C21H21ClF3NO7. The molecule has 0 unspecified atom stereocenters. The molecule has 8 nitrogen and oxygen atoms in total. The van der Waals surface area contributed by atoms with Crippen LogP contribution in [0.25, 0.3) is 22.1 Å². The summed E-state index contributed by atoms with van der Waals surface area (Å²) in [7, 11) is -4.69. The molecule has 0 aliphatic rings. The average Bonchev–Trinajstić information content (AvgIpc) is 2.71. The largest absolute Gasteiger partial charge is 0.507 e. The second kappa shape index (κ2) is 10.5. The Labute approximate surface area is 188 Å². The Hall–Kier alpha value is -2.67. The lowest BCUT2D eigenvalue weighted by Crippen LogP contribution is -2.58. The standard InChI is InChI=1S/C21H20F3NO3.ClHO4/c1-3-25(4-2)12-15-16(26)11-10-14-18(27)17(13-8-6-5-7-9-13)20(21(22,23)24)28-19(14)15;2-1(3,4)5/h5-11,26H,3-4,12H2,1-2H3;(H,2,3,4,5). The number of hydrogen-bond donors (Lipinski definition) is 2. The first kappa shape index (κ1) is 26.6. The lowest BCUT2D eigenvalue weighted by molar-refractivity contribution is -1.92. The highest BCUT2D eigenvalue weighted by molar-refractivity contribution is 5.86. The van der Waals surface area contributed by atoms with E-state index in [2.05, 4.69) is 0 Å². The van der Waals surface area contributed by atoms with E-state index in [1.807, 2.05) is 18.7 Å². The van der Waals surface area contributed by atoms with Crippen LogP contribution in [0.5, 0.6) is 5.75 Å². The van der Waals surface area contributed by atoms with E-state index in [1.54, 1.807) is 18.2 Å². The number of aromatic hydroxyl groups is 1. The van der Waals surface area contributed by atoms with Crippen LogP contribution in [0.3, 0.4) is 0 Å². The number of fused-ring (bicyclic) bond motifs is 1. The van der Waals surface area contributed by atoms with Crippen molar-refractivity contribution in [2.75, 3.05) is 13.1 Å². The molecule has 180 valence electrons. The van der Waals surface area contributed by atoms with Crippen molar-refractivity contribution in [1.29, 1.82) is 0 Å². The van der Waals surface area contributed by atoms with E-state index in [9.17, 15) is 23.1 Å². The quantitative estimate of drug-likeness (QED) is 0.536. The number of phenolic OH excluding ortho intramolecular Hbond substituents is 1. The third-order valence-electron chi connectivity index (χ3n) is 4.73. The maximum atomic E-state index is 13.8. The molecule has 0 spiro atoms. The molecule has 0 amide bonds. The molecule has 12 heteroatoms. The molecule has 0 saturated heterocycles. The first-order valence-corrected chi connectivity index (χ1v) is 10.8. The first-order valence-electron chi connectivity index (χ1n) is 9.57. The van der Waals surface area contributed by atoms with Gasteiger partial charge in [0.2, 0.25) is 11.2 Å². The van der Waals surface area contributed by atoms with Gasteiger partial charge in [-0.25, -0.2) is 0 Å². The van der Waals surface area contributed by atoms with Gasteiger partial charge in [-0.2, -0.15) is 27.1 Å². The lowest BCUT2D eigenvalue weighted by Gasteiger charge is -2.20. The zero-order chi connectivity index (χ0) is 25.0. The van der Waals surface area contributed by atoms with Crippen LogP contribution in [0.4, 0.5) is 13.2 Å². The zero-order valence-electron chi connectivity index (χ0n) is 17.6. The topological polar surface area (TPSA) is 143 Å². The Morgan fingerprint density at radius 1 is 1.03 bits per heavy atom. The van der Waals surface area contributed by atoms with Gasteiger partial charge in [0.05, 0.1) is 31.4 Å². The van der Waals surface area contributed by atoms with Crippen molar-refractivity contribution in [2.24, 2.45) is 0 Å². The number of alkyl halides is 3. The normalized spacial score (nSPS) is 12.1. The molecule has 3 aromatic rings. The van der Waals surface area contributed by atoms with Crippen LogP contribution in [0, 0.1) is 10.2 Å². The summed E-state index contributed by atoms with van der Waals surface area (Å²) in [5.41, 5.74) is -1.24. The molecule has 33 heavy (non-hydrogen) atoms. The SMILES string of the molecule is CCN(CC)Cc1c(O)ccc2c(=O)c(-c3ccccc3)c(C(F)(F)F)oc12.[O-][Cl+3]([O-])([O-])O. The number of hydrogen-bond acceptors (Lipinski definition) is 8. The van der Waals surface area contributed by atoms with Crippen LogP contribution in [-0.2, 0) is 12.7 Å². The van der Waals surface area contributed by atoms with Crippen LogP contribution in [-0.4, -0.2) is 27.8 Å².